The van der Waals surface area contributed by atoms with Gasteiger partial charge in [-0.1, -0.05) is 231 Å². The standard InChI is InChI=1S/C32H20N2S.C31H21N3.2C30H20N4/c1-2-9-22(10-3-1)34-27-14-6-4-11-23(27)26-19-21-17-18-33(29(21)20-30(26)34)28-15-8-13-25-24-12-5-7-16-31(24)35-32(25)28;1-2-8-25(9-3-1)34-29-12-5-4-10-26(29)27-20-23-17-19-33(30(23)21-31(27)34)24-15-13-22(14-16-24)28-11-6-7-18-32-28;1-3-9-21(10-4-1)30-31-19-24(20-32-30)33-16-15-22-17-26-25-13-7-8-14-27(25)34(29(26)18-28(22)33)23-11-5-2-6-12-23;1-2-9-23(10-3-1)34-27-13-5-4-11-24(27)25-18-21-15-17-33(28(21)19-29(25)34)30-14-6-12-26(32-30)22-8-7-16-31-20-22/h1-20H;1-21H;2*1-20H. The van der Waals surface area contributed by atoms with Gasteiger partial charge < -0.3 is 36.5 Å². The van der Waals surface area contributed by atoms with Gasteiger partial charge in [-0.2, -0.15) is 0 Å². The summed E-state index contributed by atoms with van der Waals surface area (Å²) in [5, 5.41) is 17.7. The fraction of sp³-hybridized carbons (Fsp3) is 0. The second-order valence-electron chi connectivity index (χ2n) is 34.5. The maximum absolute atomic E-state index is 4.96. The van der Waals surface area contributed by atoms with Gasteiger partial charge in [0.15, 0.2) is 5.82 Å². The Morgan fingerprint density at radius 3 is 1.06 bits per heavy atom. The molecule has 0 amide bonds. The zero-order valence-electron chi connectivity index (χ0n) is 74.0. The van der Waals surface area contributed by atoms with Gasteiger partial charge in [-0.25, -0.2) is 15.0 Å². The molecule has 13 nitrogen and oxygen atoms in total. The Kier molecular flexibility index (Phi) is 19.4. The van der Waals surface area contributed by atoms with Gasteiger partial charge in [-0.3, -0.25) is 9.97 Å². The number of nitrogens with zero attached hydrogens (tertiary/aromatic N) is 13. The lowest BCUT2D eigenvalue weighted by atomic mass is 10.1. The highest BCUT2D eigenvalue weighted by Crippen LogP contribution is 2.44. The third kappa shape index (κ3) is 13.9. The van der Waals surface area contributed by atoms with Crippen LogP contribution in [-0.2, 0) is 0 Å². The Morgan fingerprint density at radius 2 is 0.591 bits per heavy atom. The maximum atomic E-state index is 4.96. The Labute approximate surface area is 790 Å². The minimum absolute atomic E-state index is 0.729. The number of aromatic nitrogens is 13. The monoisotopic (exact) mass is 1770 g/mol. The summed E-state index contributed by atoms with van der Waals surface area (Å²) in [5.74, 6) is 1.62. The largest absolute Gasteiger partial charge is 0.316 e. The summed E-state index contributed by atoms with van der Waals surface area (Å²) in [5.41, 5.74) is 27.4. The molecule has 137 heavy (non-hydrogen) atoms. The van der Waals surface area contributed by atoms with Gasteiger partial charge in [0.2, 0.25) is 0 Å². The average Bonchev–Trinajstić information content (AvgIpc) is 1.58. The van der Waals surface area contributed by atoms with Crippen molar-refractivity contribution in [2.45, 2.75) is 0 Å². The molecular formula is C123H81N13S. The number of rotatable bonds is 11. The van der Waals surface area contributed by atoms with Crippen LogP contribution < -0.4 is 0 Å². The predicted molar refractivity (Wildman–Crippen MR) is 569 cm³/mol. The van der Waals surface area contributed by atoms with Gasteiger partial charge >= 0.3 is 0 Å². The highest BCUT2D eigenvalue weighted by atomic mass is 32.1. The van der Waals surface area contributed by atoms with E-state index < -0.39 is 0 Å². The first-order valence-electron chi connectivity index (χ1n) is 46.0. The highest BCUT2D eigenvalue weighted by Gasteiger charge is 2.23. The molecule has 0 N–H and O–H groups in total. The lowest BCUT2D eigenvalue weighted by Crippen LogP contribution is -1.98. The van der Waals surface area contributed by atoms with Crippen molar-refractivity contribution >= 4 is 162 Å². The lowest BCUT2D eigenvalue weighted by molar-refractivity contribution is 1.05. The Bertz CT molecular complexity index is 9360. The van der Waals surface area contributed by atoms with Crippen LogP contribution in [0.25, 0.3) is 231 Å². The van der Waals surface area contributed by atoms with Crippen LogP contribution in [-0.4, -0.2) is 61.5 Å². The number of hydrogen-bond acceptors (Lipinski definition) is 6. The summed E-state index contributed by atoms with van der Waals surface area (Å²) >= 11 is 1.88. The summed E-state index contributed by atoms with van der Waals surface area (Å²) in [6.45, 7) is 0. The molecule has 0 aliphatic rings. The van der Waals surface area contributed by atoms with Gasteiger partial charge in [-0.05, 0) is 206 Å². The van der Waals surface area contributed by atoms with E-state index in [0.29, 0.717) is 0 Å². The van der Waals surface area contributed by atoms with Crippen molar-refractivity contribution in [1.82, 2.24) is 61.5 Å². The van der Waals surface area contributed by atoms with Gasteiger partial charge in [0.05, 0.1) is 106 Å². The SMILES string of the molecule is c1ccc(-c2ncc(-n3ccc4cc5c6ccccc6n(-c6ccccc6)c5cc43)cn2)cc1.c1ccc(-n2c3ccccc3c3cc4ccn(-c5ccc(-c6ccccn6)cc5)c4cc32)cc1.c1ccc(-n2c3ccccc3c3cc4ccn(-c5cccc(-c6cccnc6)n5)c4cc32)cc1.c1ccc(-n2c3ccccc3c3cc4ccn(-c5cccc6c5sc5ccccc56)c4cc32)cc1. The Hall–Kier alpha value is -18.4. The van der Waals surface area contributed by atoms with Crippen LogP contribution in [0.3, 0.4) is 0 Å². The van der Waals surface area contributed by atoms with Crippen molar-refractivity contribution in [1.29, 1.82) is 0 Å². The van der Waals surface area contributed by atoms with E-state index in [9.17, 15) is 0 Å². The second kappa shape index (κ2) is 33.5. The molecule has 13 aromatic heterocycles. The Morgan fingerprint density at radius 1 is 0.204 bits per heavy atom. The van der Waals surface area contributed by atoms with Gasteiger partial charge in [0, 0.05) is 169 Å². The van der Waals surface area contributed by atoms with E-state index in [2.05, 4.69) is 451 Å². The molecular weight excluding hydrogens is 1690 g/mol. The molecule has 14 heteroatoms. The zero-order chi connectivity index (χ0) is 90.4. The summed E-state index contributed by atoms with van der Waals surface area (Å²) in [4.78, 5) is 23.0. The zero-order valence-corrected chi connectivity index (χ0v) is 74.8. The van der Waals surface area contributed by atoms with Crippen LogP contribution in [0.4, 0.5) is 0 Å². The molecule has 0 saturated heterocycles. The topological polar surface area (TPSA) is 104 Å². The lowest BCUT2D eigenvalue weighted by Gasteiger charge is -2.10. The van der Waals surface area contributed by atoms with Crippen LogP contribution in [0.2, 0.25) is 0 Å². The first-order chi connectivity index (χ1) is 68.0. The molecule has 0 atom stereocenters. The highest BCUT2D eigenvalue weighted by molar-refractivity contribution is 7.26. The van der Waals surface area contributed by atoms with Crippen molar-refractivity contribution in [2.24, 2.45) is 0 Å². The second-order valence-corrected chi connectivity index (χ2v) is 35.5. The third-order valence-electron chi connectivity index (χ3n) is 26.6. The van der Waals surface area contributed by atoms with Crippen molar-refractivity contribution in [2.75, 3.05) is 0 Å². The molecule has 0 aliphatic carbocycles. The van der Waals surface area contributed by atoms with Crippen molar-refractivity contribution < 1.29 is 0 Å². The first kappa shape index (κ1) is 79.6. The number of para-hydroxylation sites is 8. The summed E-state index contributed by atoms with van der Waals surface area (Å²) in [6.07, 6.45) is 17.8. The average molecular weight is 1770 g/mol. The number of fused-ring (bicyclic) bond motifs is 19. The summed E-state index contributed by atoms with van der Waals surface area (Å²) in [7, 11) is 0. The van der Waals surface area contributed by atoms with Crippen LogP contribution in [0.5, 0.6) is 0 Å². The molecule has 0 spiro atoms. The number of hydrogen-bond donors (Lipinski definition) is 0. The molecule has 0 fully saturated rings. The number of benzene rings is 16. The molecule has 0 aliphatic heterocycles. The quantitative estimate of drug-likeness (QED) is 0.128. The van der Waals surface area contributed by atoms with Crippen molar-refractivity contribution in [3.63, 3.8) is 0 Å². The van der Waals surface area contributed by atoms with Crippen LogP contribution in [0.1, 0.15) is 0 Å². The molecule has 0 radical (unpaired) electrons. The minimum Gasteiger partial charge on any atom is -0.316 e. The van der Waals surface area contributed by atoms with Gasteiger partial charge in [-0.15, -0.1) is 11.3 Å². The minimum atomic E-state index is 0.729. The molecule has 16 aromatic carbocycles. The van der Waals surface area contributed by atoms with E-state index in [-0.39, 0.29) is 0 Å². The van der Waals surface area contributed by atoms with Crippen LogP contribution in [0.15, 0.2) is 493 Å². The molecule has 644 valence electrons. The van der Waals surface area contributed by atoms with Crippen LogP contribution in [0, 0.1) is 0 Å². The summed E-state index contributed by atoms with van der Waals surface area (Å²) in [6, 6.07) is 154. The summed E-state index contributed by atoms with van der Waals surface area (Å²) < 4.78 is 21.1. The maximum Gasteiger partial charge on any atom is 0.159 e. The van der Waals surface area contributed by atoms with E-state index in [1.54, 1.807) is 6.20 Å². The van der Waals surface area contributed by atoms with E-state index in [1.165, 1.54) is 157 Å². The molecule has 0 unspecified atom stereocenters. The Balaban J connectivity index is 0.0000000946. The van der Waals surface area contributed by atoms with E-state index in [4.69, 9.17) is 4.98 Å². The molecule has 0 saturated carbocycles. The van der Waals surface area contributed by atoms with E-state index in [1.807, 2.05) is 103 Å². The van der Waals surface area contributed by atoms with E-state index >= 15 is 0 Å². The van der Waals surface area contributed by atoms with E-state index in [0.717, 1.165) is 73.5 Å². The van der Waals surface area contributed by atoms with Crippen molar-refractivity contribution in [3.8, 4) is 79.5 Å². The molecule has 13 heterocycles. The fourth-order valence-electron chi connectivity index (χ4n) is 20.3. The van der Waals surface area contributed by atoms with Gasteiger partial charge in [0.1, 0.15) is 5.82 Å². The normalized spacial score (nSPS) is 11.6. The molecule has 0 bridgehead atoms. The molecule has 29 aromatic rings. The number of pyridine rings is 3. The smallest absolute Gasteiger partial charge is 0.159 e. The fourth-order valence-corrected chi connectivity index (χ4v) is 21.5. The third-order valence-corrected chi connectivity index (χ3v) is 27.8. The molecule has 29 rings (SSSR count). The van der Waals surface area contributed by atoms with Gasteiger partial charge in [0.25, 0.3) is 0 Å². The predicted octanol–water partition coefficient (Wildman–Crippen LogP) is 31.3. The number of thiophene rings is 1. The van der Waals surface area contributed by atoms with Crippen molar-refractivity contribution in [3.05, 3.63) is 493 Å². The van der Waals surface area contributed by atoms with Crippen LogP contribution >= 0.6 is 11.3 Å². The first-order valence-corrected chi connectivity index (χ1v) is 46.9.